The normalized spacial score (nSPS) is 12.3. The Labute approximate surface area is 133 Å². The minimum atomic E-state index is -0.223. The molecule has 0 saturated carbocycles. The van der Waals surface area contributed by atoms with Crippen molar-refractivity contribution >= 4 is 22.7 Å². The van der Waals surface area contributed by atoms with Crippen LogP contribution in [0.25, 0.3) is 11.0 Å². The number of carbonyl (C=O) groups excluding carboxylic acids is 2. The lowest BCUT2D eigenvalue weighted by molar-refractivity contribution is 0.0722. The van der Waals surface area contributed by atoms with Gasteiger partial charge in [0.05, 0.1) is 6.04 Å². The van der Waals surface area contributed by atoms with Gasteiger partial charge in [-0.1, -0.05) is 18.2 Å². The summed E-state index contributed by atoms with van der Waals surface area (Å²) in [5.74, 6) is 0.458. The van der Waals surface area contributed by atoms with Crippen molar-refractivity contribution in [3.05, 3.63) is 59.6 Å². The van der Waals surface area contributed by atoms with Gasteiger partial charge in [-0.15, -0.1) is 0 Å². The number of para-hydroxylation sites is 1. The van der Waals surface area contributed by atoms with Crippen molar-refractivity contribution in [2.75, 3.05) is 7.05 Å². The Morgan fingerprint density at radius 1 is 1.22 bits per heavy atom. The average molecular weight is 310 g/mol. The van der Waals surface area contributed by atoms with Crippen molar-refractivity contribution in [1.29, 1.82) is 0 Å². The Bertz CT molecular complexity index is 842. The van der Waals surface area contributed by atoms with E-state index in [0.29, 0.717) is 11.3 Å². The molecule has 0 aliphatic carbocycles. The number of H-pyrrole nitrogens is 1. The van der Waals surface area contributed by atoms with Crippen LogP contribution in [0, 0.1) is 0 Å². The third kappa shape index (κ3) is 2.77. The highest BCUT2D eigenvalue weighted by atomic mass is 16.3. The zero-order chi connectivity index (χ0) is 16.6. The molecule has 0 aliphatic rings. The smallest absolute Gasteiger partial charge is 0.270 e. The molecule has 5 heteroatoms. The Hall–Kier alpha value is -2.82. The van der Waals surface area contributed by atoms with Gasteiger partial charge in [0.2, 0.25) is 0 Å². The van der Waals surface area contributed by atoms with E-state index in [1.807, 2.05) is 37.3 Å². The Kier molecular flexibility index (Phi) is 3.78. The van der Waals surface area contributed by atoms with Gasteiger partial charge < -0.3 is 14.3 Å². The standard InChI is InChI=1S/C18H18N2O3/c1-11(17-9-13-6-4-5-7-16(13)23-17)20(3)18(22)15-8-14(10-19-15)12(2)21/h4-11,19H,1-3H3. The first-order valence-corrected chi connectivity index (χ1v) is 7.42. The molecule has 0 aliphatic heterocycles. The van der Waals surface area contributed by atoms with Crippen LogP contribution in [0.2, 0.25) is 0 Å². The summed E-state index contributed by atoms with van der Waals surface area (Å²) in [6.07, 6.45) is 1.55. The third-order valence-corrected chi connectivity index (χ3v) is 4.08. The van der Waals surface area contributed by atoms with Gasteiger partial charge in [0.25, 0.3) is 5.91 Å². The zero-order valence-electron chi connectivity index (χ0n) is 13.3. The zero-order valence-corrected chi connectivity index (χ0v) is 13.3. The van der Waals surface area contributed by atoms with E-state index in [0.717, 1.165) is 16.7 Å². The van der Waals surface area contributed by atoms with Crippen molar-refractivity contribution in [3.8, 4) is 0 Å². The quantitative estimate of drug-likeness (QED) is 0.745. The second kappa shape index (κ2) is 5.76. The van der Waals surface area contributed by atoms with E-state index < -0.39 is 0 Å². The molecule has 5 nitrogen and oxygen atoms in total. The number of furan rings is 1. The highest BCUT2D eigenvalue weighted by Crippen LogP contribution is 2.27. The maximum absolute atomic E-state index is 12.6. The fourth-order valence-electron chi connectivity index (χ4n) is 2.49. The van der Waals surface area contributed by atoms with Crippen LogP contribution >= 0.6 is 0 Å². The molecule has 1 N–H and O–H groups in total. The molecule has 2 heterocycles. The number of amides is 1. The van der Waals surface area contributed by atoms with Crippen molar-refractivity contribution in [2.45, 2.75) is 19.9 Å². The SMILES string of the molecule is CC(=O)c1c[nH]c(C(=O)N(C)C(C)c2cc3ccccc3o2)c1. The topological polar surface area (TPSA) is 66.3 Å². The molecular formula is C18H18N2O3. The number of hydrogen-bond donors (Lipinski definition) is 1. The number of hydrogen-bond acceptors (Lipinski definition) is 3. The maximum Gasteiger partial charge on any atom is 0.270 e. The van der Waals surface area contributed by atoms with E-state index in [2.05, 4.69) is 4.98 Å². The lowest BCUT2D eigenvalue weighted by atomic mass is 10.2. The van der Waals surface area contributed by atoms with E-state index >= 15 is 0 Å². The number of benzene rings is 1. The molecule has 1 unspecified atom stereocenters. The molecule has 0 fully saturated rings. The third-order valence-electron chi connectivity index (χ3n) is 4.08. The van der Waals surface area contributed by atoms with E-state index in [1.54, 1.807) is 24.2 Å². The van der Waals surface area contributed by atoms with Crippen LogP contribution in [-0.4, -0.2) is 28.6 Å². The first-order valence-electron chi connectivity index (χ1n) is 7.42. The first kappa shape index (κ1) is 15.1. The molecular weight excluding hydrogens is 292 g/mol. The molecule has 0 saturated heterocycles. The second-order valence-electron chi connectivity index (χ2n) is 5.64. The van der Waals surface area contributed by atoms with Crippen LogP contribution in [0.5, 0.6) is 0 Å². The number of Topliss-reactive ketones (excluding diaryl/α,β-unsaturated/α-hetero) is 1. The number of rotatable bonds is 4. The van der Waals surface area contributed by atoms with Gasteiger partial charge in [-0.05, 0) is 32.0 Å². The van der Waals surface area contributed by atoms with Crippen LogP contribution in [0.1, 0.15) is 46.5 Å². The van der Waals surface area contributed by atoms with Gasteiger partial charge in [0.1, 0.15) is 17.0 Å². The van der Waals surface area contributed by atoms with Crippen molar-refractivity contribution < 1.29 is 14.0 Å². The molecule has 0 spiro atoms. The number of aromatic nitrogens is 1. The summed E-state index contributed by atoms with van der Waals surface area (Å²) in [5, 5.41) is 1.01. The van der Waals surface area contributed by atoms with E-state index in [-0.39, 0.29) is 17.7 Å². The molecule has 3 aromatic rings. The second-order valence-corrected chi connectivity index (χ2v) is 5.64. The van der Waals surface area contributed by atoms with Gasteiger partial charge in [-0.2, -0.15) is 0 Å². The number of ketones is 1. The van der Waals surface area contributed by atoms with Gasteiger partial charge in [-0.3, -0.25) is 9.59 Å². The maximum atomic E-state index is 12.6. The fraction of sp³-hybridized carbons (Fsp3) is 0.222. The molecule has 2 aromatic heterocycles. The van der Waals surface area contributed by atoms with Crippen LogP contribution in [0.3, 0.4) is 0 Å². The summed E-state index contributed by atoms with van der Waals surface area (Å²) in [4.78, 5) is 28.3. The number of fused-ring (bicyclic) bond motifs is 1. The van der Waals surface area contributed by atoms with Gasteiger partial charge in [-0.25, -0.2) is 0 Å². The Morgan fingerprint density at radius 2 is 1.96 bits per heavy atom. The van der Waals surface area contributed by atoms with Crippen LogP contribution in [-0.2, 0) is 0 Å². The minimum Gasteiger partial charge on any atom is -0.459 e. The number of aromatic amines is 1. The number of nitrogens with zero attached hydrogens (tertiary/aromatic N) is 1. The van der Waals surface area contributed by atoms with E-state index in [9.17, 15) is 9.59 Å². The molecule has 1 amide bonds. The molecule has 1 atom stereocenters. The molecule has 1 aromatic carbocycles. The number of nitrogens with one attached hydrogen (secondary N) is 1. The van der Waals surface area contributed by atoms with Crippen LogP contribution < -0.4 is 0 Å². The minimum absolute atomic E-state index is 0.0757. The van der Waals surface area contributed by atoms with Crippen LogP contribution in [0.4, 0.5) is 0 Å². The lowest BCUT2D eigenvalue weighted by Crippen LogP contribution is -2.29. The van der Waals surface area contributed by atoms with E-state index in [4.69, 9.17) is 4.42 Å². The summed E-state index contributed by atoms with van der Waals surface area (Å²) in [5.41, 5.74) is 1.69. The van der Waals surface area contributed by atoms with Gasteiger partial charge in [0.15, 0.2) is 5.78 Å². The molecule has 0 radical (unpaired) electrons. The first-order chi connectivity index (χ1) is 11.0. The number of carbonyl (C=O) groups is 2. The largest absolute Gasteiger partial charge is 0.459 e. The molecule has 3 rings (SSSR count). The van der Waals surface area contributed by atoms with Gasteiger partial charge >= 0.3 is 0 Å². The fourth-order valence-corrected chi connectivity index (χ4v) is 2.49. The average Bonchev–Trinajstić information content (AvgIpc) is 3.19. The van der Waals surface area contributed by atoms with Crippen molar-refractivity contribution in [1.82, 2.24) is 9.88 Å². The van der Waals surface area contributed by atoms with Crippen molar-refractivity contribution in [3.63, 3.8) is 0 Å². The molecule has 0 bridgehead atoms. The summed E-state index contributed by atoms with van der Waals surface area (Å²) in [6, 6.07) is 11.0. The summed E-state index contributed by atoms with van der Waals surface area (Å²) in [6.45, 7) is 3.38. The Balaban J connectivity index is 1.84. The van der Waals surface area contributed by atoms with Crippen molar-refractivity contribution in [2.24, 2.45) is 0 Å². The highest BCUT2D eigenvalue weighted by molar-refractivity contribution is 5.99. The predicted molar refractivity (Wildman–Crippen MR) is 87.5 cm³/mol. The summed E-state index contributed by atoms with van der Waals surface area (Å²) < 4.78 is 5.82. The summed E-state index contributed by atoms with van der Waals surface area (Å²) >= 11 is 0. The lowest BCUT2D eigenvalue weighted by Gasteiger charge is -2.22. The van der Waals surface area contributed by atoms with Gasteiger partial charge in [0, 0.05) is 24.2 Å². The Morgan fingerprint density at radius 3 is 2.61 bits per heavy atom. The summed E-state index contributed by atoms with van der Waals surface area (Å²) in [7, 11) is 1.72. The predicted octanol–water partition coefficient (Wildman–Crippen LogP) is 3.80. The van der Waals surface area contributed by atoms with Crippen LogP contribution in [0.15, 0.2) is 47.0 Å². The monoisotopic (exact) mass is 310 g/mol. The highest BCUT2D eigenvalue weighted by Gasteiger charge is 2.23. The van der Waals surface area contributed by atoms with E-state index in [1.165, 1.54) is 6.92 Å². The molecule has 23 heavy (non-hydrogen) atoms. The molecule has 118 valence electrons.